The molecule has 1 fully saturated rings. The van der Waals surface area contributed by atoms with Crippen molar-refractivity contribution in [3.05, 3.63) is 108 Å². The van der Waals surface area contributed by atoms with Gasteiger partial charge in [-0.1, -0.05) is 97.9 Å². The Labute approximate surface area is 270 Å². The number of rotatable bonds is 15. The molecule has 5 atom stereocenters. The molecule has 1 aliphatic heterocycles. The first-order chi connectivity index (χ1) is 21.7. The van der Waals surface area contributed by atoms with E-state index in [-0.39, 0.29) is 6.61 Å². The average Bonchev–Trinajstić information content (AvgIpc) is 3.02. The first-order valence-electron chi connectivity index (χ1n) is 15.3. The lowest BCUT2D eigenvalue weighted by Crippen LogP contribution is -2.60. The lowest BCUT2D eigenvalue weighted by Gasteiger charge is -2.45. The Hall–Kier alpha value is -3.21. The van der Waals surface area contributed by atoms with Crippen molar-refractivity contribution in [1.82, 2.24) is 0 Å². The minimum Gasteiger partial charge on any atom is -0.462 e. The van der Waals surface area contributed by atoms with Crippen LogP contribution in [-0.2, 0) is 57.8 Å². The number of benzene rings is 3. The third kappa shape index (κ3) is 11.6. The van der Waals surface area contributed by atoms with E-state index in [9.17, 15) is 9.59 Å². The first-order valence-corrected chi connectivity index (χ1v) is 16.4. The second-order valence-electron chi connectivity index (χ2n) is 11.7. The lowest BCUT2D eigenvalue weighted by atomic mass is 9.98. The van der Waals surface area contributed by atoms with Crippen LogP contribution in [0, 0.1) is 0 Å². The molecule has 3 aromatic carbocycles. The maximum atomic E-state index is 12.7. The fourth-order valence-corrected chi connectivity index (χ4v) is 5.87. The summed E-state index contributed by atoms with van der Waals surface area (Å²) < 4.78 is 37.2. The molecule has 0 unspecified atom stereocenters. The quantitative estimate of drug-likeness (QED) is 0.137. The molecular formula is C36H44O8S. The molecule has 0 N–H and O–H groups in total. The fraction of sp³-hybridized carbons (Fsp3) is 0.444. The van der Waals surface area contributed by atoms with Crippen molar-refractivity contribution in [2.24, 2.45) is 0 Å². The molecule has 9 heteroatoms. The van der Waals surface area contributed by atoms with E-state index in [2.05, 4.69) is 6.92 Å². The molecule has 8 nitrogen and oxygen atoms in total. The fourth-order valence-electron chi connectivity index (χ4n) is 4.90. The van der Waals surface area contributed by atoms with Crippen LogP contribution < -0.4 is 0 Å². The highest BCUT2D eigenvalue weighted by Gasteiger charge is 2.49. The predicted octanol–water partition coefficient (Wildman–Crippen LogP) is 6.50. The number of thioether (sulfide) groups is 1. The van der Waals surface area contributed by atoms with Gasteiger partial charge >= 0.3 is 11.9 Å². The summed E-state index contributed by atoms with van der Waals surface area (Å²) in [5.41, 5.74) is 1.88. The Morgan fingerprint density at radius 1 is 0.689 bits per heavy atom. The highest BCUT2D eigenvalue weighted by Crippen LogP contribution is 2.35. The van der Waals surface area contributed by atoms with E-state index in [0.717, 1.165) is 22.4 Å². The number of hydrogen-bond acceptors (Lipinski definition) is 9. The first kappa shape index (κ1) is 34.7. The maximum absolute atomic E-state index is 12.7. The largest absolute Gasteiger partial charge is 0.462 e. The minimum atomic E-state index is -0.705. The number of carbonyl (C=O) groups is 2. The number of carbonyl (C=O) groups excluding carboxylic acids is 2. The van der Waals surface area contributed by atoms with Gasteiger partial charge in [0.1, 0.15) is 48.5 Å². The van der Waals surface area contributed by atoms with Crippen molar-refractivity contribution in [2.75, 3.05) is 12.4 Å². The van der Waals surface area contributed by atoms with Crippen LogP contribution in [0.1, 0.15) is 50.8 Å². The summed E-state index contributed by atoms with van der Waals surface area (Å²) in [5.74, 6) is -0.576. The molecule has 0 bridgehead atoms. The van der Waals surface area contributed by atoms with E-state index in [0.29, 0.717) is 19.8 Å². The second kappa shape index (κ2) is 17.5. The summed E-state index contributed by atoms with van der Waals surface area (Å²) in [4.78, 5) is 25.0. The van der Waals surface area contributed by atoms with Gasteiger partial charge in [0, 0.05) is 0 Å². The van der Waals surface area contributed by atoms with E-state index < -0.39 is 53.8 Å². The summed E-state index contributed by atoms with van der Waals surface area (Å²) in [6.45, 7) is 8.15. The van der Waals surface area contributed by atoms with Crippen molar-refractivity contribution in [3.8, 4) is 0 Å². The monoisotopic (exact) mass is 636 g/mol. The van der Waals surface area contributed by atoms with Crippen molar-refractivity contribution in [1.29, 1.82) is 0 Å². The van der Waals surface area contributed by atoms with Gasteiger partial charge in [-0.25, -0.2) is 0 Å². The maximum Gasteiger partial charge on any atom is 0.317 e. The zero-order valence-corrected chi connectivity index (χ0v) is 27.3. The summed E-state index contributed by atoms with van der Waals surface area (Å²) in [5, 5.41) is 0. The molecular weight excluding hydrogens is 592 g/mol. The van der Waals surface area contributed by atoms with Crippen LogP contribution in [0.5, 0.6) is 0 Å². The number of ether oxygens (including phenoxy) is 6. The van der Waals surface area contributed by atoms with Crippen molar-refractivity contribution < 1.29 is 38.0 Å². The summed E-state index contributed by atoms with van der Waals surface area (Å²) in [6, 6.07) is 29.7. The highest BCUT2D eigenvalue weighted by molar-refractivity contribution is 7.99. The van der Waals surface area contributed by atoms with E-state index >= 15 is 0 Å². The third-order valence-corrected chi connectivity index (χ3v) is 7.94. The van der Waals surface area contributed by atoms with E-state index in [4.69, 9.17) is 28.4 Å². The molecule has 0 spiro atoms. The molecule has 242 valence electrons. The SMILES string of the molecule is CCS[C@H]1O[C@H](COC(=O)CC(=O)OC(C)(C)C)[C@@H](OCc2ccccc2)[C@H](OCc2ccccc2)[C@@H]1OCc1ccccc1. The van der Waals surface area contributed by atoms with Crippen LogP contribution in [0.15, 0.2) is 91.0 Å². The average molecular weight is 637 g/mol. The lowest BCUT2D eigenvalue weighted by molar-refractivity contribution is -0.253. The van der Waals surface area contributed by atoms with Crippen molar-refractivity contribution in [2.45, 2.75) is 89.4 Å². The molecule has 0 amide bonds. The van der Waals surface area contributed by atoms with Crippen LogP contribution in [0.25, 0.3) is 0 Å². The summed E-state index contributed by atoms with van der Waals surface area (Å²) in [6.07, 6.45) is -2.89. The Morgan fingerprint density at radius 3 is 1.62 bits per heavy atom. The van der Waals surface area contributed by atoms with Gasteiger partial charge in [0.05, 0.1) is 19.8 Å². The standard InChI is InChI=1S/C36H44O8S/c1-5-45-35-34(42-24-28-19-13-8-14-20-28)33(41-23-27-17-11-7-12-18-27)32(40-22-26-15-9-6-10-16-26)29(43-35)25-39-30(37)21-31(38)44-36(2,3)4/h6-20,29,32-35H,5,21-25H2,1-4H3/t29-,32-,33+,34+,35-/m1/s1. The molecule has 0 saturated carbocycles. The normalized spacial score (nSPS) is 21.6. The number of hydrogen-bond donors (Lipinski definition) is 0. The minimum absolute atomic E-state index is 0.127. The van der Waals surface area contributed by atoms with Gasteiger partial charge in [-0.3, -0.25) is 9.59 Å². The van der Waals surface area contributed by atoms with Crippen LogP contribution >= 0.6 is 11.8 Å². The van der Waals surface area contributed by atoms with E-state index in [1.807, 2.05) is 91.0 Å². The molecule has 0 aromatic heterocycles. The van der Waals surface area contributed by atoms with Crippen LogP contribution in [0.2, 0.25) is 0 Å². The second-order valence-corrected chi connectivity index (χ2v) is 13.1. The van der Waals surface area contributed by atoms with Crippen molar-refractivity contribution in [3.63, 3.8) is 0 Å². The van der Waals surface area contributed by atoms with Gasteiger partial charge in [0.15, 0.2) is 0 Å². The molecule has 4 rings (SSSR count). The van der Waals surface area contributed by atoms with E-state index in [1.54, 1.807) is 32.5 Å². The predicted molar refractivity (Wildman–Crippen MR) is 173 cm³/mol. The van der Waals surface area contributed by atoms with Crippen molar-refractivity contribution >= 4 is 23.7 Å². The molecule has 0 radical (unpaired) electrons. The topological polar surface area (TPSA) is 89.5 Å². The molecule has 1 aliphatic rings. The zero-order valence-electron chi connectivity index (χ0n) is 26.5. The van der Waals surface area contributed by atoms with Crippen LogP contribution in [0.4, 0.5) is 0 Å². The van der Waals surface area contributed by atoms with Crippen LogP contribution in [-0.4, -0.2) is 59.8 Å². The number of esters is 2. The van der Waals surface area contributed by atoms with Gasteiger partial charge in [-0.15, -0.1) is 11.8 Å². The van der Waals surface area contributed by atoms with Gasteiger partial charge < -0.3 is 28.4 Å². The summed E-state index contributed by atoms with van der Waals surface area (Å²) >= 11 is 1.60. The van der Waals surface area contributed by atoms with E-state index in [1.165, 1.54) is 0 Å². The molecule has 3 aromatic rings. The highest BCUT2D eigenvalue weighted by atomic mass is 32.2. The Kier molecular flexibility index (Phi) is 13.5. The Bertz CT molecular complexity index is 1300. The van der Waals surface area contributed by atoms with Gasteiger partial charge in [-0.2, -0.15) is 0 Å². The molecule has 1 heterocycles. The Morgan fingerprint density at radius 2 is 1.16 bits per heavy atom. The van der Waals surface area contributed by atoms with Gasteiger partial charge in [-0.05, 0) is 43.2 Å². The smallest absolute Gasteiger partial charge is 0.317 e. The molecule has 1 saturated heterocycles. The molecule has 45 heavy (non-hydrogen) atoms. The molecule has 0 aliphatic carbocycles. The van der Waals surface area contributed by atoms with Gasteiger partial charge in [0.2, 0.25) is 0 Å². The Balaban J connectivity index is 1.58. The van der Waals surface area contributed by atoms with Gasteiger partial charge in [0.25, 0.3) is 0 Å². The zero-order chi connectivity index (χ0) is 32.1. The summed E-state index contributed by atoms with van der Waals surface area (Å²) in [7, 11) is 0. The van der Waals surface area contributed by atoms with Crippen LogP contribution in [0.3, 0.4) is 0 Å². The third-order valence-electron chi connectivity index (χ3n) is 6.90.